The van der Waals surface area contributed by atoms with Crippen molar-refractivity contribution < 1.29 is 18.1 Å². The second-order valence-electron chi connectivity index (χ2n) is 9.75. The Morgan fingerprint density at radius 3 is 2.44 bits per heavy atom. The van der Waals surface area contributed by atoms with Gasteiger partial charge in [0.15, 0.2) is 21.1 Å². The molecular weight excluding hydrogens is 541 g/mol. The van der Waals surface area contributed by atoms with Crippen LogP contribution in [0.1, 0.15) is 43.5 Å². The molecule has 2 atom stereocenters. The van der Waals surface area contributed by atoms with Crippen LogP contribution < -0.4 is 10.6 Å². The van der Waals surface area contributed by atoms with Crippen molar-refractivity contribution in [2.24, 2.45) is 5.41 Å². The van der Waals surface area contributed by atoms with Gasteiger partial charge in [0.25, 0.3) is 10.0 Å². The van der Waals surface area contributed by atoms with Gasteiger partial charge in [-0.25, -0.2) is 8.42 Å². The molecule has 1 fully saturated rings. The van der Waals surface area contributed by atoms with Gasteiger partial charge in [-0.3, -0.25) is 0 Å². The van der Waals surface area contributed by atoms with E-state index in [9.17, 15) is 18.1 Å². The number of likely N-dealkylation sites (N-methyl/N-ethyl adjacent to an activating group) is 1. The molecule has 0 bridgehead atoms. The van der Waals surface area contributed by atoms with E-state index in [4.69, 9.17) is 0 Å². The normalized spacial score (nSPS) is 17.3. The van der Waals surface area contributed by atoms with E-state index >= 15 is 0 Å². The fourth-order valence-electron chi connectivity index (χ4n) is 4.04. The molecule has 4 rings (SSSR count). The molecule has 1 saturated heterocycles. The number of nitrogens with zero attached hydrogens (tertiary/aromatic N) is 4. The van der Waals surface area contributed by atoms with Gasteiger partial charge in [-0.15, -0.1) is 22.7 Å². The van der Waals surface area contributed by atoms with Crippen LogP contribution in [0.3, 0.4) is 0 Å². The molecule has 198 valence electrons. The Morgan fingerprint density at radius 1 is 1.19 bits per heavy atom. The maximum Gasteiger partial charge on any atom is 0.256 e. The Bertz CT molecular complexity index is 1300. The summed E-state index contributed by atoms with van der Waals surface area (Å²) in [5.74, 6) is 0.105. The highest BCUT2D eigenvalue weighted by atomic mass is 32.2. The van der Waals surface area contributed by atoms with Crippen molar-refractivity contribution in [2.45, 2.75) is 44.9 Å². The van der Waals surface area contributed by atoms with E-state index < -0.39 is 21.2 Å². The second kappa shape index (κ2) is 10.5. The zero-order valence-electron chi connectivity index (χ0n) is 20.9. The molecule has 0 aliphatic carbocycles. The Labute approximate surface area is 223 Å². The summed E-state index contributed by atoms with van der Waals surface area (Å²) in [6.45, 7) is 13.3. The first-order chi connectivity index (χ1) is 16.9. The predicted molar refractivity (Wildman–Crippen MR) is 146 cm³/mol. The van der Waals surface area contributed by atoms with Crippen molar-refractivity contribution in [3.05, 3.63) is 27.3 Å². The van der Waals surface area contributed by atoms with Crippen molar-refractivity contribution in [3.8, 4) is 5.75 Å². The number of aromatic nitrogens is 2. The van der Waals surface area contributed by atoms with E-state index in [1.54, 1.807) is 11.3 Å². The summed E-state index contributed by atoms with van der Waals surface area (Å²) in [7, 11) is -3.84. The molecule has 3 aromatic heterocycles. The molecule has 4 heterocycles. The number of anilines is 3. The van der Waals surface area contributed by atoms with Gasteiger partial charge in [-0.1, -0.05) is 27.7 Å². The molecule has 1 unspecified atom stereocenters. The summed E-state index contributed by atoms with van der Waals surface area (Å²) in [5, 5.41) is 18.7. The van der Waals surface area contributed by atoms with Crippen LogP contribution in [-0.4, -0.2) is 68.8 Å². The van der Waals surface area contributed by atoms with Gasteiger partial charge < -0.3 is 25.2 Å². The zero-order valence-corrected chi connectivity index (χ0v) is 24.2. The molecule has 14 heteroatoms. The Hall–Kier alpha value is -1.81. The summed E-state index contributed by atoms with van der Waals surface area (Å²) in [4.78, 5) is 4.47. The zero-order chi connectivity index (χ0) is 26.3. The maximum absolute atomic E-state index is 13.2. The van der Waals surface area contributed by atoms with Crippen molar-refractivity contribution in [1.82, 2.24) is 18.0 Å². The fraction of sp³-hybridized carbons (Fsp3) is 0.545. The third-order valence-corrected chi connectivity index (χ3v) is 11.2. The topological polar surface area (TPSA) is 134 Å². The molecule has 0 spiro atoms. The van der Waals surface area contributed by atoms with Crippen molar-refractivity contribution in [2.75, 3.05) is 43.4 Å². The quantitative estimate of drug-likeness (QED) is 0.331. The monoisotopic (exact) mass is 572 g/mol. The lowest BCUT2D eigenvalue weighted by Crippen LogP contribution is -2.48. The Kier molecular flexibility index (Phi) is 7.95. The summed E-state index contributed by atoms with van der Waals surface area (Å²) >= 11 is 0.779. The first kappa shape index (κ1) is 27.2. The molecule has 0 radical (unpaired) electrons. The molecule has 10 nitrogen and oxygen atoms in total. The van der Waals surface area contributed by atoms with Crippen molar-refractivity contribution in [3.63, 3.8) is 0 Å². The van der Waals surface area contributed by atoms with E-state index in [1.807, 2.05) is 13.8 Å². The van der Waals surface area contributed by atoms with Crippen molar-refractivity contribution >= 4 is 61.2 Å². The smallest absolute Gasteiger partial charge is 0.256 e. The van der Waals surface area contributed by atoms with Gasteiger partial charge in [0.2, 0.25) is 11.6 Å². The highest BCUT2D eigenvalue weighted by Gasteiger charge is 2.34. The molecule has 1 aliphatic rings. The van der Waals surface area contributed by atoms with Crippen LogP contribution in [0.2, 0.25) is 0 Å². The highest BCUT2D eigenvalue weighted by Crippen LogP contribution is 2.44. The van der Waals surface area contributed by atoms with Crippen LogP contribution in [0.15, 0.2) is 21.7 Å². The number of piperazine rings is 1. The van der Waals surface area contributed by atoms with E-state index in [0.29, 0.717) is 32.0 Å². The minimum atomic E-state index is -3.84. The minimum absolute atomic E-state index is 0.122. The SMILES string of the molecule is CCN1CCN(S(=O)(=O)c2scc(Nc3n[s+]([O-])nc3N[C@@H](c3ccc(C)s3)C(C)(C)C)c2O)CC1. The lowest BCUT2D eigenvalue weighted by atomic mass is 9.86. The Morgan fingerprint density at radius 2 is 1.86 bits per heavy atom. The molecule has 36 heavy (non-hydrogen) atoms. The van der Waals surface area contributed by atoms with Gasteiger partial charge in [0.1, 0.15) is 0 Å². The number of nitrogens with one attached hydrogen (secondary N) is 2. The molecule has 1 aliphatic heterocycles. The van der Waals surface area contributed by atoms with Crippen LogP contribution in [0.5, 0.6) is 5.75 Å². The lowest BCUT2D eigenvalue weighted by Gasteiger charge is -2.32. The summed E-state index contributed by atoms with van der Waals surface area (Å²) in [6, 6.07) is 3.98. The van der Waals surface area contributed by atoms with Gasteiger partial charge in [-0.2, -0.15) is 4.31 Å². The maximum atomic E-state index is 13.2. The minimum Gasteiger partial charge on any atom is -0.546 e. The number of hydrogen-bond donors (Lipinski definition) is 3. The van der Waals surface area contributed by atoms with Gasteiger partial charge in [0.05, 0.1) is 11.7 Å². The third kappa shape index (κ3) is 5.69. The number of thiophene rings is 2. The third-order valence-electron chi connectivity index (χ3n) is 6.09. The average Bonchev–Trinajstić information content (AvgIpc) is 3.50. The number of sulfonamides is 1. The largest absolute Gasteiger partial charge is 0.546 e. The molecule has 0 amide bonds. The standard InChI is InChI=1S/C22H32N6O4S4/c1-6-27-9-11-28(12-10-27)36(31,32)21-17(29)15(13-33-21)23-19-20(26-35(30)25-19)24-18(22(3,4)5)16-8-7-14(2)34-16/h7-8,13,18,29H,6,9-12H2,1-5H3,(H,23,25)(H,24,26)/t18-,35?/m0/s1. The van der Waals surface area contributed by atoms with Crippen molar-refractivity contribution in [1.29, 1.82) is 0 Å². The molecule has 3 N–H and O–H groups in total. The van der Waals surface area contributed by atoms with E-state index in [0.717, 1.165) is 22.8 Å². The molecular formula is C22H32N6O4S4. The first-order valence-corrected chi connectivity index (χ1v) is 15.8. The van der Waals surface area contributed by atoms with E-state index in [2.05, 4.69) is 57.2 Å². The van der Waals surface area contributed by atoms with Crippen LogP contribution in [0.4, 0.5) is 17.3 Å². The molecule has 0 saturated carbocycles. The number of aromatic hydroxyl groups is 1. The van der Waals surface area contributed by atoms with E-state index in [1.165, 1.54) is 14.6 Å². The summed E-state index contributed by atoms with van der Waals surface area (Å²) in [5.41, 5.74) is -0.0139. The second-order valence-corrected chi connectivity index (χ2v) is 14.9. The van der Waals surface area contributed by atoms with Gasteiger partial charge in [0, 0.05) is 50.1 Å². The highest BCUT2D eigenvalue weighted by molar-refractivity contribution is 7.91. The fourth-order valence-corrected chi connectivity index (χ4v) is 8.63. The van der Waals surface area contributed by atoms with Crippen LogP contribution in [-0.2, 0) is 10.0 Å². The average molecular weight is 573 g/mol. The first-order valence-electron chi connectivity index (χ1n) is 11.6. The van der Waals surface area contributed by atoms with E-state index in [-0.39, 0.29) is 32.9 Å². The predicted octanol–water partition coefficient (Wildman–Crippen LogP) is 4.61. The number of rotatable bonds is 8. The summed E-state index contributed by atoms with van der Waals surface area (Å²) < 4.78 is 48.1. The summed E-state index contributed by atoms with van der Waals surface area (Å²) in [6.07, 6.45) is 0. The number of hydrogen-bond acceptors (Lipinski definition) is 11. The lowest BCUT2D eigenvalue weighted by molar-refractivity contribution is 0.196. The van der Waals surface area contributed by atoms with Gasteiger partial charge >= 0.3 is 0 Å². The van der Waals surface area contributed by atoms with Crippen LogP contribution in [0, 0.1) is 12.3 Å². The van der Waals surface area contributed by atoms with Crippen LogP contribution >= 0.6 is 33.8 Å². The van der Waals surface area contributed by atoms with Gasteiger partial charge in [-0.05, 0) is 31.0 Å². The Balaban J connectivity index is 1.57. The number of aryl methyl sites for hydroxylation is 1. The molecule has 0 aromatic carbocycles. The van der Waals surface area contributed by atoms with Crippen LogP contribution in [0.25, 0.3) is 0 Å². The molecule has 3 aromatic rings.